The minimum Gasteiger partial charge on any atom is -0.388 e. The molecule has 0 atom stereocenters. The molecule has 5 nitrogen and oxygen atoms in total. The van der Waals surface area contributed by atoms with Gasteiger partial charge in [-0.25, -0.2) is 0 Å². The van der Waals surface area contributed by atoms with Crippen molar-refractivity contribution in [2.24, 2.45) is 0 Å². The van der Waals surface area contributed by atoms with Crippen LogP contribution in [-0.4, -0.2) is 52.3 Å². The number of carbonyl (C=O) groups is 1. The number of halogens is 1. The number of benzene rings is 1. The largest absolute Gasteiger partial charge is 0.388 e. The number of carbonyl (C=O) groups excluding carboxylic acids is 1. The molecule has 130 valence electrons. The van der Waals surface area contributed by atoms with E-state index in [2.05, 4.69) is 4.98 Å². The Balaban J connectivity index is 1.60. The number of rotatable bonds is 4. The van der Waals surface area contributed by atoms with Crippen LogP contribution in [0.4, 0.5) is 0 Å². The average Bonchev–Trinajstić information content (AvgIpc) is 2.95. The number of ether oxygens (including phenoxy) is 1. The molecule has 1 saturated heterocycles. The number of piperidine rings is 1. The van der Waals surface area contributed by atoms with Gasteiger partial charge in [0.15, 0.2) is 0 Å². The van der Waals surface area contributed by atoms with Gasteiger partial charge in [-0.1, -0.05) is 11.6 Å². The number of nitrogens with one attached hydrogen (secondary N) is 1. The highest BCUT2D eigenvalue weighted by Crippen LogP contribution is 2.22. The zero-order valence-corrected chi connectivity index (χ0v) is 14.8. The van der Waals surface area contributed by atoms with Gasteiger partial charge >= 0.3 is 0 Å². The molecule has 24 heavy (non-hydrogen) atoms. The Morgan fingerprint density at radius 3 is 2.75 bits per heavy atom. The first-order valence-corrected chi connectivity index (χ1v) is 8.61. The molecule has 2 N–H and O–H groups in total. The van der Waals surface area contributed by atoms with E-state index < -0.39 is 5.60 Å². The molecule has 6 heteroatoms. The summed E-state index contributed by atoms with van der Waals surface area (Å²) in [7, 11) is 0. The third-order valence-electron chi connectivity index (χ3n) is 4.21. The molecule has 1 aromatic heterocycles. The standard InChI is InChI=1S/C18H23ClN2O3/c1-18(2,23)11-24-14-5-7-21(8-6-14)17(22)16-10-12-9-13(19)3-4-15(12)20-16/h3-4,9-10,14,20,23H,5-8,11H2,1-2H3. The molecular weight excluding hydrogens is 328 g/mol. The highest BCUT2D eigenvalue weighted by molar-refractivity contribution is 6.31. The quantitative estimate of drug-likeness (QED) is 0.889. The molecule has 1 amide bonds. The number of aliphatic hydroxyl groups is 1. The van der Waals surface area contributed by atoms with Crippen LogP contribution in [0.25, 0.3) is 10.9 Å². The minimum absolute atomic E-state index is 0.00302. The summed E-state index contributed by atoms with van der Waals surface area (Å²) in [5, 5.41) is 11.3. The lowest BCUT2D eigenvalue weighted by atomic mass is 10.1. The second-order valence-electron chi connectivity index (χ2n) is 7.03. The molecule has 0 saturated carbocycles. The molecular formula is C18H23ClN2O3. The van der Waals surface area contributed by atoms with Crippen LogP contribution in [0.5, 0.6) is 0 Å². The second kappa shape index (κ2) is 6.75. The lowest BCUT2D eigenvalue weighted by Gasteiger charge is -2.33. The molecule has 2 aromatic rings. The number of hydrogen-bond donors (Lipinski definition) is 2. The number of likely N-dealkylation sites (tertiary alicyclic amines) is 1. The van der Waals surface area contributed by atoms with Crippen LogP contribution in [0.1, 0.15) is 37.2 Å². The summed E-state index contributed by atoms with van der Waals surface area (Å²) < 4.78 is 5.73. The Labute approximate surface area is 146 Å². The van der Waals surface area contributed by atoms with E-state index in [0.29, 0.717) is 30.4 Å². The molecule has 1 fully saturated rings. The fraction of sp³-hybridized carbons (Fsp3) is 0.500. The summed E-state index contributed by atoms with van der Waals surface area (Å²) in [6.07, 6.45) is 1.67. The van der Waals surface area contributed by atoms with Gasteiger partial charge in [0.25, 0.3) is 5.91 Å². The summed E-state index contributed by atoms with van der Waals surface area (Å²) in [4.78, 5) is 17.7. The van der Waals surface area contributed by atoms with Crippen LogP contribution in [-0.2, 0) is 4.74 Å². The molecule has 2 heterocycles. The van der Waals surface area contributed by atoms with Crippen molar-refractivity contribution in [2.75, 3.05) is 19.7 Å². The molecule has 1 aliphatic heterocycles. The number of H-pyrrole nitrogens is 1. The van der Waals surface area contributed by atoms with Gasteiger partial charge in [0.2, 0.25) is 0 Å². The zero-order chi connectivity index (χ0) is 17.3. The van der Waals surface area contributed by atoms with Gasteiger partial charge in [-0.3, -0.25) is 4.79 Å². The van der Waals surface area contributed by atoms with E-state index in [1.807, 2.05) is 23.1 Å². The monoisotopic (exact) mass is 350 g/mol. The van der Waals surface area contributed by atoms with Crippen molar-refractivity contribution in [2.45, 2.75) is 38.4 Å². The fourth-order valence-corrected chi connectivity index (χ4v) is 3.12. The lowest BCUT2D eigenvalue weighted by molar-refractivity contribution is -0.0671. The molecule has 0 aliphatic carbocycles. The first-order chi connectivity index (χ1) is 11.3. The molecule has 0 unspecified atom stereocenters. The van der Waals surface area contributed by atoms with Gasteiger partial charge in [0.05, 0.1) is 18.3 Å². The van der Waals surface area contributed by atoms with Crippen molar-refractivity contribution in [1.29, 1.82) is 0 Å². The molecule has 0 bridgehead atoms. The summed E-state index contributed by atoms with van der Waals surface area (Å²) in [5.74, 6) is 0.00302. The number of hydrogen-bond acceptors (Lipinski definition) is 3. The molecule has 0 radical (unpaired) electrons. The van der Waals surface area contributed by atoms with Crippen molar-refractivity contribution in [3.05, 3.63) is 35.0 Å². The van der Waals surface area contributed by atoms with E-state index in [0.717, 1.165) is 23.7 Å². The van der Waals surface area contributed by atoms with Crippen LogP contribution < -0.4 is 0 Å². The van der Waals surface area contributed by atoms with E-state index in [4.69, 9.17) is 16.3 Å². The van der Waals surface area contributed by atoms with Crippen LogP contribution >= 0.6 is 11.6 Å². The van der Waals surface area contributed by atoms with Crippen molar-refractivity contribution >= 4 is 28.4 Å². The number of aromatic amines is 1. The van der Waals surface area contributed by atoms with E-state index >= 15 is 0 Å². The topological polar surface area (TPSA) is 65.6 Å². The van der Waals surface area contributed by atoms with Crippen LogP contribution in [0.3, 0.4) is 0 Å². The summed E-state index contributed by atoms with van der Waals surface area (Å²) in [6.45, 7) is 5.09. The van der Waals surface area contributed by atoms with Gasteiger partial charge in [0, 0.05) is 29.0 Å². The van der Waals surface area contributed by atoms with Crippen molar-refractivity contribution in [3.8, 4) is 0 Å². The maximum Gasteiger partial charge on any atom is 0.270 e. The maximum absolute atomic E-state index is 12.7. The summed E-state index contributed by atoms with van der Waals surface area (Å²) in [6, 6.07) is 7.38. The normalized spacial score (nSPS) is 16.8. The Bertz CT molecular complexity index is 727. The van der Waals surface area contributed by atoms with Crippen molar-refractivity contribution < 1.29 is 14.6 Å². The van der Waals surface area contributed by atoms with E-state index in [1.165, 1.54) is 0 Å². The van der Waals surface area contributed by atoms with E-state index in [9.17, 15) is 9.90 Å². The Morgan fingerprint density at radius 1 is 1.38 bits per heavy atom. The lowest BCUT2D eigenvalue weighted by Crippen LogP contribution is -2.42. The molecule has 0 spiro atoms. The minimum atomic E-state index is -0.821. The Hall–Kier alpha value is -1.56. The average molecular weight is 351 g/mol. The first kappa shape index (κ1) is 17.3. The van der Waals surface area contributed by atoms with Crippen LogP contribution in [0.2, 0.25) is 5.02 Å². The number of amides is 1. The Morgan fingerprint density at radius 2 is 2.08 bits per heavy atom. The zero-order valence-electron chi connectivity index (χ0n) is 14.0. The fourth-order valence-electron chi connectivity index (χ4n) is 2.94. The molecule has 1 aliphatic rings. The van der Waals surface area contributed by atoms with Crippen LogP contribution in [0.15, 0.2) is 24.3 Å². The van der Waals surface area contributed by atoms with Gasteiger partial charge in [-0.15, -0.1) is 0 Å². The molecule has 3 rings (SSSR count). The summed E-state index contributed by atoms with van der Waals surface area (Å²) >= 11 is 5.99. The highest BCUT2D eigenvalue weighted by Gasteiger charge is 2.26. The number of aromatic nitrogens is 1. The third kappa shape index (κ3) is 4.09. The van der Waals surface area contributed by atoms with Gasteiger partial charge in [-0.05, 0) is 51.0 Å². The van der Waals surface area contributed by atoms with Crippen LogP contribution in [0, 0.1) is 0 Å². The van der Waals surface area contributed by atoms with Gasteiger partial charge < -0.3 is 19.7 Å². The third-order valence-corrected chi connectivity index (χ3v) is 4.45. The molecule has 1 aromatic carbocycles. The van der Waals surface area contributed by atoms with Crippen molar-refractivity contribution in [1.82, 2.24) is 9.88 Å². The predicted octanol–water partition coefficient (Wildman–Crippen LogP) is 3.21. The number of nitrogens with zero attached hydrogens (tertiary/aromatic N) is 1. The SMILES string of the molecule is CC(C)(O)COC1CCN(C(=O)c2cc3cc(Cl)ccc3[nH]2)CC1. The van der Waals surface area contributed by atoms with E-state index in [1.54, 1.807) is 19.9 Å². The highest BCUT2D eigenvalue weighted by atomic mass is 35.5. The number of fused-ring (bicyclic) bond motifs is 1. The maximum atomic E-state index is 12.7. The predicted molar refractivity (Wildman–Crippen MR) is 94.5 cm³/mol. The van der Waals surface area contributed by atoms with Gasteiger partial charge in [0.1, 0.15) is 5.69 Å². The smallest absolute Gasteiger partial charge is 0.270 e. The summed E-state index contributed by atoms with van der Waals surface area (Å²) in [5.41, 5.74) is 0.674. The Kier molecular flexibility index (Phi) is 4.85. The van der Waals surface area contributed by atoms with E-state index in [-0.39, 0.29) is 12.0 Å². The first-order valence-electron chi connectivity index (χ1n) is 8.23. The van der Waals surface area contributed by atoms with Crippen molar-refractivity contribution in [3.63, 3.8) is 0 Å². The van der Waals surface area contributed by atoms with Gasteiger partial charge in [-0.2, -0.15) is 0 Å². The second-order valence-corrected chi connectivity index (χ2v) is 7.47.